The number of carboxylic acid groups (broad SMARTS) is 1. The summed E-state index contributed by atoms with van der Waals surface area (Å²) in [4.78, 5) is 10.5. The second-order valence-corrected chi connectivity index (χ2v) is 4.12. The highest BCUT2D eigenvalue weighted by Gasteiger charge is 2.45. The normalized spacial score (nSPS) is 29.9. The summed E-state index contributed by atoms with van der Waals surface area (Å²) in [5.41, 5.74) is 0. The zero-order chi connectivity index (χ0) is 12.7. The van der Waals surface area contributed by atoms with Crippen LogP contribution in [-0.2, 0) is 14.3 Å². The fourth-order valence-corrected chi connectivity index (χ4v) is 1.86. The Bertz CT molecular complexity index is 228. The molecule has 6 nitrogen and oxygen atoms in total. The van der Waals surface area contributed by atoms with Crippen molar-refractivity contribution in [2.24, 2.45) is 5.92 Å². The third-order valence-corrected chi connectivity index (χ3v) is 2.82. The highest BCUT2D eigenvalue weighted by atomic mass is 16.6. The molecule has 17 heavy (non-hydrogen) atoms. The van der Waals surface area contributed by atoms with E-state index >= 15 is 0 Å². The molecule has 1 heterocycles. The summed E-state index contributed by atoms with van der Waals surface area (Å²) >= 11 is 0. The Balaban J connectivity index is 0.000000185. The van der Waals surface area contributed by atoms with E-state index in [1.165, 1.54) is 0 Å². The SMILES string of the molecule is O=C(O)C1CCC2OC2C1.OCCOCCO. The van der Waals surface area contributed by atoms with E-state index in [0.29, 0.717) is 19.3 Å². The number of aliphatic hydroxyl groups is 2. The van der Waals surface area contributed by atoms with Crippen LogP contribution in [0.4, 0.5) is 0 Å². The second-order valence-electron chi connectivity index (χ2n) is 4.12. The first-order valence-corrected chi connectivity index (χ1v) is 5.86. The molecule has 6 heteroatoms. The second kappa shape index (κ2) is 7.60. The molecule has 1 saturated heterocycles. The molecular weight excluding hydrogens is 228 g/mol. The third kappa shape index (κ3) is 5.45. The van der Waals surface area contributed by atoms with Gasteiger partial charge < -0.3 is 24.8 Å². The van der Waals surface area contributed by atoms with Crippen LogP contribution in [0, 0.1) is 5.92 Å². The largest absolute Gasteiger partial charge is 0.481 e. The summed E-state index contributed by atoms with van der Waals surface area (Å²) in [5.74, 6) is -0.794. The number of carboxylic acids is 1. The van der Waals surface area contributed by atoms with Gasteiger partial charge in [-0.2, -0.15) is 0 Å². The van der Waals surface area contributed by atoms with Gasteiger partial charge >= 0.3 is 5.97 Å². The molecule has 0 aromatic rings. The molecule has 3 unspecified atom stereocenters. The zero-order valence-corrected chi connectivity index (χ0v) is 9.75. The minimum absolute atomic E-state index is 0.0278. The molecule has 3 N–H and O–H groups in total. The number of hydrogen-bond acceptors (Lipinski definition) is 5. The van der Waals surface area contributed by atoms with Gasteiger partial charge in [0.2, 0.25) is 0 Å². The lowest BCUT2D eigenvalue weighted by molar-refractivity contribution is -0.142. The molecule has 1 aliphatic heterocycles. The summed E-state index contributed by atoms with van der Waals surface area (Å²) < 4.78 is 9.83. The zero-order valence-electron chi connectivity index (χ0n) is 9.75. The maximum atomic E-state index is 10.5. The Morgan fingerprint density at radius 3 is 2.29 bits per heavy atom. The first-order chi connectivity index (χ1) is 8.19. The quantitative estimate of drug-likeness (QED) is 0.453. The lowest BCUT2D eigenvalue weighted by Crippen LogP contribution is -2.21. The molecule has 0 aromatic carbocycles. The highest BCUT2D eigenvalue weighted by Crippen LogP contribution is 2.39. The van der Waals surface area contributed by atoms with Gasteiger partial charge in [-0.25, -0.2) is 0 Å². The van der Waals surface area contributed by atoms with Crippen LogP contribution in [0.5, 0.6) is 0 Å². The molecule has 2 fully saturated rings. The van der Waals surface area contributed by atoms with E-state index < -0.39 is 5.97 Å². The van der Waals surface area contributed by atoms with Crippen LogP contribution in [0.1, 0.15) is 19.3 Å². The van der Waals surface area contributed by atoms with Crippen LogP contribution < -0.4 is 0 Å². The van der Waals surface area contributed by atoms with Gasteiger partial charge in [0, 0.05) is 0 Å². The number of ether oxygens (including phenoxy) is 2. The molecule has 0 aromatic heterocycles. The van der Waals surface area contributed by atoms with Gasteiger partial charge in [0.15, 0.2) is 0 Å². The van der Waals surface area contributed by atoms with Crippen LogP contribution >= 0.6 is 0 Å². The molecule has 3 atom stereocenters. The predicted molar refractivity (Wildman–Crippen MR) is 58.6 cm³/mol. The van der Waals surface area contributed by atoms with Gasteiger partial charge in [-0.1, -0.05) is 0 Å². The molecule has 1 aliphatic carbocycles. The van der Waals surface area contributed by atoms with Gasteiger partial charge in [-0.05, 0) is 19.3 Å². The van der Waals surface area contributed by atoms with Crippen LogP contribution in [0.2, 0.25) is 0 Å². The number of rotatable bonds is 5. The summed E-state index contributed by atoms with van der Waals surface area (Å²) in [6, 6.07) is 0. The van der Waals surface area contributed by atoms with Crippen molar-refractivity contribution in [3.8, 4) is 0 Å². The van der Waals surface area contributed by atoms with E-state index in [1.807, 2.05) is 0 Å². The molecule has 2 aliphatic rings. The van der Waals surface area contributed by atoms with Crippen molar-refractivity contribution in [1.29, 1.82) is 0 Å². The molecule has 100 valence electrons. The first kappa shape index (κ1) is 14.4. The number of fused-ring (bicyclic) bond motifs is 1. The number of epoxide rings is 1. The van der Waals surface area contributed by atoms with Crippen molar-refractivity contribution >= 4 is 5.97 Å². The standard InChI is InChI=1S/C7H10O3.C4H10O3/c8-7(9)4-1-2-5-6(3-4)10-5;5-1-3-7-4-2-6/h4-6H,1-3H2,(H,8,9);5-6H,1-4H2. The van der Waals surface area contributed by atoms with Crippen LogP contribution in [0.15, 0.2) is 0 Å². The van der Waals surface area contributed by atoms with Crippen molar-refractivity contribution in [3.05, 3.63) is 0 Å². The Labute approximate surface area is 100 Å². The van der Waals surface area contributed by atoms with Crippen LogP contribution in [0.3, 0.4) is 0 Å². The average molecular weight is 248 g/mol. The Morgan fingerprint density at radius 2 is 1.82 bits per heavy atom. The van der Waals surface area contributed by atoms with Crippen molar-refractivity contribution in [2.75, 3.05) is 26.4 Å². The van der Waals surface area contributed by atoms with Crippen LogP contribution in [0.25, 0.3) is 0 Å². The lowest BCUT2D eigenvalue weighted by atomic mass is 9.90. The summed E-state index contributed by atoms with van der Waals surface area (Å²) in [6.07, 6.45) is 3.18. The predicted octanol–water partition coefficient (Wildman–Crippen LogP) is -0.374. The van der Waals surface area contributed by atoms with Gasteiger partial charge in [-0.15, -0.1) is 0 Å². The van der Waals surface area contributed by atoms with Crippen molar-refractivity contribution < 1.29 is 29.6 Å². The number of aliphatic hydroxyl groups excluding tert-OH is 2. The molecule has 0 bridgehead atoms. The van der Waals surface area contributed by atoms with Gasteiger partial charge in [0.25, 0.3) is 0 Å². The van der Waals surface area contributed by atoms with E-state index in [9.17, 15) is 4.79 Å². The summed E-state index contributed by atoms with van der Waals surface area (Å²) in [6.45, 7) is 0.696. The minimum atomic E-state index is -0.658. The van der Waals surface area contributed by atoms with Crippen LogP contribution in [-0.4, -0.2) is 59.9 Å². The highest BCUT2D eigenvalue weighted by molar-refractivity contribution is 5.70. The molecule has 0 radical (unpaired) electrons. The smallest absolute Gasteiger partial charge is 0.306 e. The fourth-order valence-electron chi connectivity index (χ4n) is 1.86. The molecular formula is C11H20O6. The topological polar surface area (TPSA) is 99.5 Å². The molecule has 1 saturated carbocycles. The van der Waals surface area contributed by atoms with E-state index in [0.717, 1.165) is 19.3 Å². The lowest BCUT2D eigenvalue weighted by Gasteiger charge is -2.12. The Hall–Kier alpha value is -0.690. The fraction of sp³-hybridized carbons (Fsp3) is 0.909. The number of carbonyl (C=O) groups is 1. The Kier molecular flexibility index (Phi) is 6.43. The number of aliphatic carboxylic acids is 1. The van der Waals surface area contributed by atoms with Crippen molar-refractivity contribution in [1.82, 2.24) is 0 Å². The molecule has 0 spiro atoms. The maximum Gasteiger partial charge on any atom is 0.306 e. The summed E-state index contributed by atoms with van der Waals surface area (Å²) in [5, 5.41) is 24.8. The summed E-state index contributed by atoms with van der Waals surface area (Å²) in [7, 11) is 0. The average Bonchev–Trinajstić information content (AvgIpc) is 3.08. The minimum Gasteiger partial charge on any atom is -0.481 e. The van der Waals surface area contributed by atoms with E-state index in [1.54, 1.807) is 0 Å². The van der Waals surface area contributed by atoms with Crippen molar-refractivity contribution in [3.63, 3.8) is 0 Å². The van der Waals surface area contributed by atoms with Gasteiger partial charge in [0.1, 0.15) is 0 Å². The van der Waals surface area contributed by atoms with E-state index in [2.05, 4.69) is 4.74 Å². The Morgan fingerprint density at radius 1 is 1.18 bits per heavy atom. The van der Waals surface area contributed by atoms with E-state index in [-0.39, 0.29) is 25.2 Å². The first-order valence-electron chi connectivity index (χ1n) is 5.86. The monoisotopic (exact) mass is 248 g/mol. The van der Waals surface area contributed by atoms with Gasteiger partial charge in [-0.3, -0.25) is 4.79 Å². The molecule has 0 amide bonds. The third-order valence-electron chi connectivity index (χ3n) is 2.82. The number of hydrogen-bond donors (Lipinski definition) is 3. The van der Waals surface area contributed by atoms with Gasteiger partial charge in [0.05, 0.1) is 44.6 Å². The molecule has 2 rings (SSSR count). The maximum absolute atomic E-state index is 10.5. The van der Waals surface area contributed by atoms with Crippen molar-refractivity contribution in [2.45, 2.75) is 31.5 Å². The van der Waals surface area contributed by atoms with E-state index in [4.69, 9.17) is 20.1 Å².